The minimum atomic E-state index is 0.286. The zero-order chi connectivity index (χ0) is 12.3. The van der Waals surface area contributed by atoms with Gasteiger partial charge in [0.25, 0.3) is 0 Å². The molecule has 1 saturated carbocycles. The van der Waals surface area contributed by atoms with Crippen LogP contribution >= 0.6 is 11.6 Å². The number of hydrogen-bond donors (Lipinski definition) is 2. The average molecular weight is 254 g/mol. The first-order valence-corrected chi connectivity index (χ1v) is 6.74. The summed E-state index contributed by atoms with van der Waals surface area (Å²) in [6, 6.07) is 5.85. The third-order valence-electron chi connectivity index (χ3n) is 3.68. The van der Waals surface area contributed by atoms with Crippen LogP contribution in [0.5, 0.6) is 5.75 Å². The molecule has 0 unspecified atom stereocenters. The Hall–Kier alpha value is -0.730. The van der Waals surface area contributed by atoms with Crippen molar-refractivity contribution in [3.8, 4) is 5.75 Å². The summed E-state index contributed by atoms with van der Waals surface area (Å²) in [6.07, 6.45) is 5.05. The van der Waals surface area contributed by atoms with E-state index in [1.165, 1.54) is 25.7 Å². The van der Waals surface area contributed by atoms with Gasteiger partial charge in [-0.3, -0.25) is 0 Å². The smallest absolute Gasteiger partial charge is 0.121 e. The highest BCUT2D eigenvalue weighted by atomic mass is 35.5. The Morgan fingerprint density at radius 3 is 2.65 bits per heavy atom. The van der Waals surface area contributed by atoms with E-state index in [9.17, 15) is 5.11 Å². The van der Waals surface area contributed by atoms with Gasteiger partial charge in [-0.2, -0.15) is 0 Å². The van der Waals surface area contributed by atoms with E-state index < -0.39 is 0 Å². The Labute approximate surface area is 108 Å². The fourth-order valence-corrected chi connectivity index (χ4v) is 2.67. The van der Waals surface area contributed by atoms with Crippen LogP contribution in [0.15, 0.2) is 18.2 Å². The fraction of sp³-hybridized carbons (Fsp3) is 0.571. The topological polar surface area (TPSA) is 32.3 Å². The monoisotopic (exact) mass is 253 g/mol. The highest BCUT2D eigenvalue weighted by Gasteiger charge is 2.18. The maximum absolute atomic E-state index is 9.74. The molecule has 1 aliphatic carbocycles. The van der Waals surface area contributed by atoms with Gasteiger partial charge in [-0.25, -0.2) is 0 Å². The molecule has 3 heteroatoms. The first-order valence-electron chi connectivity index (χ1n) is 6.36. The lowest BCUT2D eigenvalue weighted by atomic mass is 9.87. The Kier molecular flexibility index (Phi) is 4.30. The van der Waals surface area contributed by atoms with Gasteiger partial charge in [0.1, 0.15) is 5.75 Å². The second-order valence-corrected chi connectivity index (χ2v) is 5.48. The molecule has 0 aliphatic heterocycles. The van der Waals surface area contributed by atoms with Crippen LogP contribution < -0.4 is 5.32 Å². The quantitative estimate of drug-likeness (QED) is 0.861. The van der Waals surface area contributed by atoms with E-state index in [4.69, 9.17) is 11.6 Å². The van der Waals surface area contributed by atoms with E-state index in [0.717, 1.165) is 11.5 Å². The van der Waals surface area contributed by atoms with Crippen molar-refractivity contribution >= 4 is 11.6 Å². The van der Waals surface area contributed by atoms with Crippen LogP contribution in [0, 0.1) is 5.92 Å². The summed E-state index contributed by atoms with van der Waals surface area (Å²) < 4.78 is 0. The van der Waals surface area contributed by atoms with Gasteiger partial charge in [0.2, 0.25) is 0 Å². The molecule has 0 aromatic heterocycles. The first kappa shape index (κ1) is 12.7. The molecule has 94 valence electrons. The molecule has 2 N–H and O–H groups in total. The Bertz CT molecular complexity index is 352. The summed E-state index contributed by atoms with van der Waals surface area (Å²) in [6.45, 7) is 2.97. The van der Waals surface area contributed by atoms with Gasteiger partial charge < -0.3 is 10.4 Å². The van der Waals surface area contributed by atoms with Crippen LogP contribution in [0.4, 0.5) is 0 Å². The number of benzene rings is 1. The van der Waals surface area contributed by atoms with Crippen molar-refractivity contribution in [3.63, 3.8) is 0 Å². The van der Waals surface area contributed by atoms with Crippen LogP contribution in [0.2, 0.25) is 5.02 Å². The zero-order valence-corrected chi connectivity index (χ0v) is 11.0. The Morgan fingerprint density at radius 2 is 2.00 bits per heavy atom. The number of phenolic OH excluding ortho intramolecular Hbond substituents is 1. The van der Waals surface area contributed by atoms with Crippen LogP contribution in [-0.2, 0) is 6.54 Å². The van der Waals surface area contributed by atoms with Crippen molar-refractivity contribution in [2.75, 3.05) is 0 Å². The highest BCUT2D eigenvalue weighted by Crippen LogP contribution is 2.27. The Morgan fingerprint density at radius 1 is 1.29 bits per heavy atom. The summed E-state index contributed by atoms with van der Waals surface area (Å²) in [5, 5.41) is 13.9. The lowest BCUT2D eigenvalue weighted by Gasteiger charge is -2.27. The van der Waals surface area contributed by atoms with Crippen molar-refractivity contribution in [2.45, 2.75) is 45.2 Å². The molecule has 17 heavy (non-hydrogen) atoms. The van der Waals surface area contributed by atoms with Gasteiger partial charge in [0.05, 0.1) is 0 Å². The standard InChI is InChI=1S/C14H20ClNO/c1-10-5-7-11(8-6-10)16-9-12-13(15)3-2-4-14(12)17/h2-4,10-11,16-17H,5-9H2,1H3. The lowest BCUT2D eigenvalue weighted by Crippen LogP contribution is -2.32. The van der Waals surface area contributed by atoms with Crippen LogP contribution in [0.3, 0.4) is 0 Å². The van der Waals surface area contributed by atoms with Crippen LogP contribution in [0.1, 0.15) is 38.2 Å². The fourth-order valence-electron chi connectivity index (χ4n) is 2.43. The lowest BCUT2D eigenvalue weighted by molar-refractivity contribution is 0.305. The number of phenols is 1. The second-order valence-electron chi connectivity index (χ2n) is 5.08. The molecular formula is C14H20ClNO. The third-order valence-corrected chi connectivity index (χ3v) is 4.03. The van der Waals surface area contributed by atoms with Gasteiger partial charge in [0, 0.05) is 23.2 Å². The number of halogens is 1. The molecule has 0 saturated heterocycles. The second kappa shape index (κ2) is 5.74. The number of nitrogens with one attached hydrogen (secondary N) is 1. The maximum atomic E-state index is 9.74. The van der Waals surface area contributed by atoms with Gasteiger partial charge >= 0.3 is 0 Å². The SMILES string of the molecule is CC1CCC(NCc2c(O)cccc2Cl)CC1. The first-order chi connectivity index (χ1) is 8.16. The summed E-state index contributed by atoms with van der Waals surface area (Å²) in [4.78, 5) is 0. The van der Waals surface area contributed by atoms with Gasteiger partial charge in [-0.05, 0) is 43.7 Å². The minimum Gasteiger partial charge on any atom is -0.508 e. The molecule has 1 aromatic carbocycles. The molecule has 2 nitrogen and oxygen atoms in total. The summed E-state index contributed by atoms with van der Waals surface area (Å²) >= 11 is 6.07. The van der Waals surface area contributed by atoms with Gasteiger partial charge in [-0.15, -0.1) is 0 Å². The predicted molar refractivity (Wildman–Crippen MR) is 71.4 cm³/mol. The molecule has 2 rings (SSSR count). The molecule has 0 amide bonds. The molecular weight excluding hydrogens is 234 g/mol. The molecule has 0 atom stereocenters. The van der Waals surface area contributed by atoms with Crippen molar-refractivity contribution in [1.29, 1.82) is 0 Å². The van der Waals surface area contributed by atoms with E-state index in [0.29, 0.717) is 17.6 Å². The van der Waals surface area contributed by atoms with E-state index in [-0.39, 0.29) is 5.75 Å². The van der Waals surface area contributed by atoms with E-state index in [1.807, 2.05) is 6.07 Å². The maximum Gasteiger partial charge on any atom is 0.121 e. The summed E-state index contributed by atoms with van der Waals surface area (Å²) in [5.74, 6) is 1.15. The predicted octanol–water partition coefficient (Wildman–Crippen LogP) is 3.71. The average Bonchev–Trinajstić information content (AvgIpc) is 2.31. The zero-order valence-electron chi connectivity index (χ0n) is 10.2. The Balaban J connectivity index is 1.89. The van der Waals surface area contributed by atoms with Crippen LogP contribution in [-0.4, -0.2) is 11.1 Å². The molecule has 0 radical (unpaired) electrons. The van der Waals surface area contributed by atoms with E-state index >= 15 is 0 Å². The number of aromatic hydroxyl groups is 1. The normalized spacial score (nSPS) is 24.8. The molecule has 1 fully saturated rings. The summed E-state index contributed by atoms with van der Waals surface area (Å²) in [7, 11) is 0. The number of rotatable bonds is 3. The molecule has 1 aromatic rings. The van der Waals surface area contributed by atoms with Crippen molar-refractivity contribution in [1.82, 2.24) is 5.32 Å². The summed E-state index contributed by atoms with van der Waals surface area (Å²) in [5.41, 5.74) is 0.813. The van der Waals surface area contributed by atoms with E-state index in [1.54, 1.807) is 12.1 Å². The largest absolute Gasteiger partial charge is 0.508 e. The molecule has 0 spiro atoms. The minimum absolute atomic E-state index is 0.286. The van der Waals surface area contributed by atoms with Crippen LogP contribution in [0.25, 0.3) is 0 Å². The van der Waals surface area contributed by atoms with Crippen molar-refractivity contribution < 1.29 is 5.11 Å². The highest BCUT2D eigenvalue weighted by molar-refractivity contribution is 6.31. The third kappa shape index (κ3) is 3.36. The molecule has 0 heterocycles. The van der Waals surface area contributed by atoms with Gasteiger partial charge in [0.15, 0.2) is 0 Å². The van der Waals surface area contributed by atoms with Crippen molar-refractivity contribution in [3.05, 3.63) is 28.8 Å². The molecule has 1 aliphatic rings. The van der Waals surface area contributed by atoms with E-state index in [2.05, 4.69) is 12.2 Å². The molecule has 0 bridgehead atoms. The number of hydrogen-bond acceptors (Lipinski definition) is 2. The van der Waals surface area contributed by atoms with Crippen molar-refractivity contribution in [2.24, 2.45) is 5.92 Å². The van der Waals surface area contributed by atoms with Gasteiger partial charge in [-0.1, -0.05) is 24.6 Å².